The van der Waals surface area contributed by atoms with Crippen molar-refractivity contribution in [2.75, 3.05) is 16.8 Å². The number of nitrogens with zero attached hydrogens (tertiary/aromatic N) is 1. The number of benzene rings is 4. The van der Waals surface area contributed by atoms with E-state index >= 15 is 0 Å². The topological polar surface area (TPSA) is 92.8 Å². The summed E-state index contributed by atoms with van der Waals surface area (Å²) in [4.78, 5) is 55.0. The Bertz CT molecular complexity index is 1640. The number of amides is 3. The molecule has 4 aromatic carbocycles. The average molecular weight is 563 g/mol. The average Bonchev–Trinajstić information content (AvgIpc) is 3.27. The first-order valence-electron chi connectivity index (χ1n) is 13.3. The number of anilines is 2. The van der Waals surface area contributed by atoms with Gasteiger partial charge < -0.3 is 10.1 Å². The lowest BCUT2D eigenvalue weighted by Crippen LogP contribution is -2.41. The van der Waals surface area contributed by atoms with E-state index in [0.717, 1.165) is 27.2 Å². The van der Waals surface area contributed by atoms with Crippen LogP contribution in [0.25, 0.3) is 0 Å². The molecule has 7 nitrogen and oxygen atoms in total. The van der Waals surface area contributed by atoms with Gasteiger partial charge in [0.1, 0.15) is 0 Å². The van der Waals surface area contributed by atoms with Gasteiger partial charge in [-0.2, -0.15) is 0 Å². The van der Waals surface area contributed by atoms with Crippen LogP contribution in [0.4, 0.5) is 11.4 Å². The van der Waals surface area contributed by atoms with Crippen LogP contribution in [0.15, 0.2) is 97.1 Å². The molecule has 1 heterocycles. The molecule has 1 saturated heterocycles. The van der Waals surface area contributed by atoms with Gasteiger partial charge in [0, 0.05) is 22.5 Å². The summed E-state index contributed by atoms with van der Waals surface area (Å²) in [7, 11) is 0. The van der Waals surface area contributed by atoms with Gasteiger partial charge in [0.15, 0.2) is 6.61 Å². The number of rotatable bonds is 5. The van der Waals surface area contributed by atoms with Crippen LogP contribution in [0.1, 0.15) is 44.4 Å². The second kappa shape index (κ2) is 9.71. The Hall–Kier alpha value is -4.75. The molecule has 202 valence electrons. The van der Waals surface area contributed by atoms with Crippen LogP contribution in [0.2, 0.25) is 5.02 Å². The number of ether oxygens (including phenoxy) is 1. The SMILES string of the molecule is O=C(COC(=O)c1ccccc1N1C(=O)[C@@H]2C3c4ccccc4C(c4ccccc43)[C@H]2C1=O)Nc1ccc(Cl)cc1. The van der Waals surface area contributed by atoms with E-state index in [9.17, 15) is 19.2 Å². The molecule has 0 saturated carbocycles. The summed E-state index contributed by atoms with van der Waals surface area (Å²) in [5, 5.41) is 3.16. The standard InChI is InChI=1S/C33H23ClN2O5/c34-18-13-15-19(16-14-18)35-26(37)17-41-33(40)24-11-5-6-12-25(24)36-31(38)29-27-20-7-1-2-8-21(20)28(30(29)32(36)39)23-10-4-3-9-22(23)27/h1-16,27-30H,17H2,(H,35,37)/t27?,28?,29-,30-/m1/s1. The molecule has 0 radical (unpaired) electrons. The smallest absolute Gasteiger partial charge is 0.340 e. The summed E-state index contributed by atoms with van der Waals surface area (Å²) in [5.41, 5.74) is 4.98. The lowest BCUT2D eigenvalue weighted by atomic mass is 9.55. The van der Waals surface area contributed by atoms with Gasteiger partial charge in [-0.15, -0.1) is 0 Å². The van der Waals surface area contributed by atoms with E-state index in [1.165, 1.54) is 6.07 Å². The molecular formula is C33H23ClN2O5. The predicted octanol–water partition coefficient (Wildman–Crippen LogP) is 5.53. The third kappa shape index (κ3) is 3.96. The van der Waals surface area contributed by atoms with Crippen molar-refractivity contribution in [2.24, 2.45) is 11.8 Å². The zero-order chi connectivity index (χ0) is 28.2. The van der Waals surface area contributed by atoms with Gasteiger partial charge >= 0.3 is 5.97 Å². The Morgan fingerprint density at radius 3 is 1.73 bits per heavy atom. The highest BCUT2D eigenvalue weighted by Crippen LogP contribution is 2.61. The van der Waals surface area contributed by atoms with Crippen LogP contribution in [0.5, 0.6) is 0 Å². The molecule has 4 aliphatic rings. The van der Waals surface area contributed by atoms with Gasteiger partial charge in [-0.1, -0.05) is 72.3 Å². The van der Waals surface area contributed by atoms with Crippen LogP contribution >= 0.6 is 11.6 Å². The van der Waals surface area contributed by atoms with Crippen LogP contribution < -0.4 is 10.2 Å². The first-order chi connectivity index (χ1) is 19.9. The molecule has 1 aliphatic heterocycles. The summed E-state index contributed by atoms with van der Waals surface area (Å²) in [6, 6.07) is 28.9. The number of carbonyl (C=O) groups is 4. The maximum atomic E-state index is 14.1. The highest BCUT2D eigenvalue weighted by molar-refractivity contribution is 6.30. The third-order valence-electron chi connectivity index (χ3n) is 8.28. The molecule has 41 heavy (non-hydrogen) atoms. The Balaban J connectivity index is 1.18. The van der Waals surface area contributed by atoms with Gasteiger partial charge in [0.2, 0.25) is 11.8 Å². The highest BCUT2D eigenvalue weighted by atomic mass is 35.5. The van der Waals surface area contributed by atoms with Crippen molar-refractivity contribution in [3.8, 4) is 0 Å². The van der Waals surface area contributed by atoms with Crippen molar-refractivity contribution in [3.63, 3.8) is 0 Å². The van der Waals surface area contributed by atoms with E-state index in [4.69, 9.17) is 16.3 Å². The molecule has 2 bridgehead atoms. The van der Waals surface area contributed by atoms with Crippen molar-refractivity contribution >= 4 is 46.7 Å². The van der Waals surface area contributed by atoms with Gasteiger partial charge in [-0.3, -0.25) is 14.4 Å². The first-order valence-corrected chi connectivity index (χ1v) is 13.7. The minimum atomic E-state index is -0.808. The Morgan fingerprint density at radius 1 is 0.707 bits per heavy atom. The van der Waals surface area contributed by atoms with E-state index in [1.54, 1.807) is 42.5 Å². The zero-order valence-corrected chi connectivity index (χ0v) is 22.4. The second-order valence-corrected chi connectivity index (χ2v) is 10.9. The number of carbonyl (C=O) groups excluding carboxylic acids is 4. The summed E-state index contributed by atoms with van der Waals surface area (Å²) in [5.74, 6) is -3.68. The third-order valence-corrected chi connectivity index (χ3v) is 8.53. The lowest BCUT2D eigenvalue weighted by Gasteiger charge is -2.45. The number of hydrogen-bond acceptors (Lipinski definition) is 5. The highest BCUT2D eigenvalue weighted by Gasteiger charge is 2.62. The molecule has 4 aromatic rings. The van der Waals surface area contributed by atoms with Crippen molar-refractivity contribution in [2.45, 2.75) is 11.8 Å². The number of hydrogen-bond donors (Lipinski definition) is 1. The fourth-order valence-corrected chi connectivity index (χ4v) is 6.82. The molecule has 0 aromatic heterocycles. The molecule has 1 N–H and O–H groups in total. The molecule has 0 unspecified atom stereocenters. The summed E-state index contributed by atoms with van der Waals surface area (Å²) in [6.07, 6.45) is 0. The second-order valence-electron chi connectivity index (χ2n) is 10.4. The zero-order valence-electron chi connectivity index (χ0n) is 21.6. The minimum Gasteiger partial charge on any atom is -0.452 e. The molecule has 0 spiro atoms. The molecule has 3 amide bonds. The van der Waals surface area contributed by atoms with Crippen LogP contribution in [0.3, 0.4) is 0 Å². The van der Waals surface area contributed by atoms with E-state index in [0.29, 0.717) is 10.7 Å². The number of imide groups is 1. The quantitative estimate of drug-likeness (QED) is 0.255. The van der Waals surface area contributed by atoms with Crippen LogP contribution in [-0.2, 0) is 19.1 Å². The van der Waals surface area contributed by atoms with Crippen molar-refractivity contribution in [1.82, 2.24) is 0 Å². The van der Waals surface area contributed by atoms with Crippen LogP contribution in [-0.4, -0.2) is 30.3 Å². The maximum absolute atomic E-state index is 14.1. The number of para-hydroxylation sites is 1. The summed E-state index contributed by atoms with van der Waals surface area (Å²) in [6.45, 7) is -0.544. The van der Waals surface area contributed by atoms with Crippen molar-refractivity contribution in [1.29, 1.82) is 0 Å². The van der Waals surface area contributed by atoms with Crippen molar-refractivity contribution < 1.29 is 23.9 Å². The number of nitrogens with one attached hydrogen (secondary N) is 1. The number of esters is 1. The normalized spacial score (nSPS) is 21.6. The molecule has 1 fully saturated rings. The van der Waals surface area contributed by atoms with Gasteiger partial charge in [-0.05, 0) is 58.7 Å². The monoisotopic (exact) mass is 562 g/mol. The number of halogens is 1. The Labute approximate surface area is 240 Å². The molecule has 2 atom stereocenters. The first kappa shape index (κ1) is 25.2. The molecule has 8 rings (SSSR count). The van der Waals surface area contributed by atoms with E-state index < -0.39 is 30.3 Å². The molecular weight excluding hydrogens is 540 g/mol. The minimum absolute atomic E-state index is 0.0366. The lowest BCUT2D eigenvalue weighted by molar-refractivity contribution is -0.122. The Morgan fingerprint density at radius 2 is 1.20 bits per heavy atom. The summed E-state index contributed by atoms with van der Waals surface area (Å²) >= 11 is 5.88. The Kier molecular flexibility index (Phi) is 5.98. The largest absolute Gasteiger partial charge is 0.452 e. The van der Waals surface area contributed by atoms with Gasteiger partial charge in [0.05, 0.1) is 23.1 Å². The fraction of sp³-hybridized carbons (Fsp3) is 0.152. The van der Waals surface area contributed by atoms with Crippen molar-refractivity contribution in [3.05, 3.63) is 130 Å². The molecule has 3 aliphatic carbocycles. The predicted molar refractivity (Wildman–Crippen MR) is 153 cm³/mol. The van der Waals surface area contributed by atoms with E-state index in [1.807, 2.05) is 48.5 Å². The van der Waals surface area contributed by atoms with E-state index in [2.05, 4.69) is 5.32 Å². The summed E-state index contributed by atoms with van der Waals surface area (Å²) < 4.78 is 5.30. The fourth-order valence-electron chi connectivity index (χ4n) is 6.70. The molecule has 8 heteroatoms. The van der Waals surface area contributed by atoms with Gasteiger partial charge in [-0.25, -0.2) is 9.69 Å². The van der Waals surface area contributed by atoms with Crippen LogP contribution in [0, 0.1) is 11.8 Å². The van der Waals surface area contributed by atoms with E-state index in [-0.39, 0.29) is 34.9 Å². The maximum Gasteiger partial charge on any atom is 0.340 e. The van der Waals surface area contributed by atoms with Gasteiger partial charge in [0.25, 0.3) is 5.91 Å².